The molecule has 0 bridgehead atoms. The fourth-order valence-corrected chi connectivity index (χ4v) is 8.33. The molecular formula is C64H114NO8+. The van der Waals surface area contributed by atoms with Crippen molar-refractivity contribution in [1.29, 1.82) is 0 Å². The molecule has 9 heteroatoms. The number of ether oxygens (including phenoxy) is 4. The van der Waals surface area contributed by atoms with Crippen LogP contribution in [0.2, 0.25) is 0 Å². The molecule has 0 rings (SSSR count). The second-order valence-corrected chi connectivity index (χ2v) is 21.3. The number of rotatable bonds is 55. The molecule has 0 saturated carbocycles. The van der Waals surface area contributed by atoms with E-state index in [0.29, 0.717) is 23.9 Å². The number of aliphatic carboxylic acids is 1. The summed E-state index contributed by atoms with van der Waals surface area (Å²) in [4.78, 5) is 37.4. The smallest absolute Gasteiger partial charge is 0.361 e. The zero-order valence-corrected chi connectivity index (χ0v) is 48.0. The van der Waals surface area contributed by atoms with Crippen LogP contribution in [-0.4, -0.2) is 87.4 Å². The lowest BCUT2D eigenvalue weighted by Crippen LogP contribution is -2.40. The number of carboxylic acid groups (broad SMARTS) is 1. The zero-order chi connectivity index (χ0) is 53.4. The Balaban J connectivity index is 4.20. The third kappa shape index (κ3) is 56.3. The molecule has 2 atom stereocenters. The first-order valence-corrected chi connectivity index (χ1v) is 30.1. The van der Waals surface area contributed by atoms with Crippen LogP contribution in [0.25, 0.3) is 0 Å². The highest BCUT2D eigenvalue weighted by atomic mass is 16.7. The molecule has 9 nitrogen and oxygen atoms in total. The van der Waals surface area contributed by atoms with Gasteiger partial charge in [-0.05, 0) is 83.5 Å². The average molecular weight is 1030 g/mol. The van der Waals surface area contributed by atoms with E-state index in [9.17, 15) is 19.5 Å². The maximum absolute atomic E-state index is 12.9. The molecule has 0 aromatic carbocycles. The van der Waals surface area contributed by atoms with Crippen LogP contribution in [0, 0.1) is 0 Å². The van der Waals surface area contributed by atoms with Gasteiger partial charge in [0.15, 0.2) is 6.10 Å². The van der Waals surface area contributed by atoms with Crippen molar-refractivity contribution < 1.29 is 42.9 Å². The van der Waals surface area contributed by atoms with Crippen LogP contribution in [0.3, 0.4) is 0 Å². The monoisotopic (exact) mass is 1020 g/mol. The van der Waals surface area contributed by atoms with Crippen LogP contribution < -0.4 is 0 Å². The third-order valence-corrected chi connectivity index (χ3v) is 12.9. The molecule has 0 aliphatic heterocycles. The van der Waals surface area contributed by atoms with Gasteiger partial charge in [-0.25, -0.2) is 4.79 Å². The summed E-state index contributed by atoms with van der Waals surface area (Å²) in [5, 5.41) is 9.70. The van der Waals surface area contributed by atoms with Crippen molar-refractivity contribution in [2.24, 2.45) is 0 Å². The summed E-state index contributed by atoms with van der Waals surface area (Å²) in [7, 11) is 5.96. The summed E-state index contributed by atoms with van der Waals surface area (Å²) in [5.74, 6) is -2.05. The first kappa shape index (κ1) is 69.7. The van der Waals surface area contributed by atoms with E-state index in [1.807, 2.05) is 21.1 Å². The Morgan fingerprint density at radius 1 is 0.425 bits per heavy atom. The number of hydrogen-bond donors (Lipinski definition) is 1. The summed E-state index contributed by atoms with van der Waals surface area (Å²) in [5.41, 5.74) is 0. The first-order valence-electron chi connectivity index (χ1n) is 30.1. The van der Waals surface area contributed by atoms with Gasteiger partial charge in [-0.2, -0.15) is 0 Å². The van der Waals surface area contributed by atoms with Crippen LogP contribution >= 0.6 is 0 Å². The van der Waals surface area contributed by atoms with E-state index in [4.69, 9.17) is 18.9 Å². The summed E-state index contributed by atoms with van der Waals surface area (Å²) >= 11 is 0. The Hall–Kier alpha value is -3.27. The minimum absolute atomic E-state index is 0.179. The highest BCUT2D eigenvalue weighted by Gasteiger charge is 2.25. The van der Waals surface area contributed by atoms with Gasteiger partial charge in [-0.3, -0.25) is 9.59 Å². The quantitative estimate of drug-likeness (QED) is 0.0211. The summed E-state index contributed by atoms with van der Waals surface area (Å²) < 4.78 is 22.8. The number of esters is 2. The van der Waals surface area contributed by atoms with Crippen molar-refractivity contribution >= 4 is 17.9 Å². The van der Waals surface area contributed by atoms with E-state index in [-0.39, 0.29) is 32.2 Å². The Labute approximate surface area is 449 Å². The lowest BCUT2D eigenvalue weighted by molar-refractivity contribution is -0.870. The molecule has 2 unspecified atom stereocenters. The van der Waals surface area contributed by atoms with Gasteiger partial charge in [0.25, 0.3) is 6.29 Å². The Morgan fingerprint density at radius 3 is 1.19 bits per heavy atom. The molecule has 0 amide bonds. The molecule has 422 valence electrons. The number of quaternary nitrogens is 1. The Bertz CT molecular complexity index is 1420. The minimum atomic E-state index is -1.52. The van der Waals surface area contributed by atoms with Crippen molar-refractivity contribution in [3.8, 4) is 0 Å². The topological polar surface area (TPSA) is 108 Å². The largest absolute Gasteiger partial charge is 0.477 e. The maximum atomic E-state index is 12.9. The van der Waals surface area contributed by atoms with Crippen LogP contribution in [0.4, 0.5) is 0 Å². The Kier molecular flexibility index (Phi) is 52.5. The lowest BCUT2D eigenvalue weighted by atomic mass is 10.0. The predicted molar refractivity (Wildman–Crippen MR) is 309 cm³/mol. The molecule has 0 aromatic rings. The molecule has 0 heterocycles. The number of carbonyl (C=O) groups is 3. The predicted octanol–water partition coefficient (Wildman–Crippen LogP) is 17.8. The van der Waals surface area contributed by atoms with Crippen molar-refractivity contribution in [3.63, 3.8) is 0 Å². The van der Waals surface area contributed by atoms with Crippen molar-refractivity contribution in [2.45, 2.75) is 270 Å². The highest BCUT2D eigenvalue weighted by Crippen LogP contribution is 2.16. The fourth-order valence-electron chi connectivity index (χ4n) is 8.33. The highest BCUT2D eigenvalue weighted by molar-refractivity contribution is 5.71. The third-order valence-electron chi connectivity index (χ3n) is 12.9. The second-order valence-electron chi connectivity index (χ2n) is 21.3. The molecule has 0 aliphatic rings. The number of unbranched alkanes of at least 4 members (excludes halogenated alkanes) is 28. The van der Waals surface area contributed by atoms with Crippen LogP contribution in [0.1, 0.15) is 258 Å². The van der Waals surface area contributed by atoms with Gasteiger partial charge in [0.05, 0.1) is 34.4 Å². The van der Waals surface area contributed by atoms with Crippen molar-refractivity contribution in [1.82, 2.24) is 0 Å². The number of carbonyl (C=O) groups excluding carboxylic acids is 2. The van der Waals surface area contributed by atoms with Gasteiger partial charge in [0.1, 0.15) is 13.2 Å². The Morgan fingerprint density at radius 2 is 0.781 bits per heavy atom. The fraction of sp³-hybridized carbons (Fsp3) is 0.766. The molecule has 0 aromatic heterocycles. The number of carboxylic acids is 1. The number of hydrogen-bond acceptors (Lipinski definition) is 7. The van der Waals surface area contributed by atoms with Gasteiger partial charge in [-0.15, -0.1) is 0 Å². The first-order chi connectivity index (χ1) is 35.6. The molecule has 0 aliphatic carbocycles. The molecular weight excluding hydrogens is 911 g/mol. The number of likely N-dealkylation sites (N-methyl/N-ethyl adjacent to an activating group) is 1. The second kappa shape index (κ2) is 55.0. The summed E-state index contributed by atoms with van der Waals surface area (Å²) in [6.45, 7) is 4.74. The molecule has 1 N–H and O–H groups in total. The van der Waals surface area contributed by atoms with E-state index in [1.54, 1.807) is 0 Å². The summed E-state index contributed by atoms with van der Waals surface area (Å²) in [6.07, 6.45) is 68.5. The molecule has 0 spiro atoms. The molecule has 0 saturated heterocycles. The van der Waals surface area contributed by atoms with Crippen LogP contribution in [-0.2, 0) is 33.3 Å². The van der Waals surface area contributed by atoms with E-state index < -0.39 is 24.3 Å². The lowest BCUT2D eigenvalue weighted by Gasteiger charge is -2.25. The number of allylic oxidation sites excluding steroid dienone is 12. The van der Waals surface area contributed by atoms with Gasteiger partial charge in [-0.1, -0.05) is 234 Å². The van der Waals surface area contributed by atoms with Crippen molar-refractivity contribution in [2.75, 3.05) is 47.5 Å². The van der Waals surface area contributed by atoms with Gasteiger partial charge >= 0.3 is 17.9 Å². The zero-order valence-electron chi connectivity index (χ0n) is 48.0. The SMILES string of the molecule is CC/C=C\C/C=C\C/C=C\C/C=C\C/C=C\CCCCCC(=O)OC(COC(=O)CCCCCCCCCCCCCCCCCCC/C=C\CCCCCCCCCC)COC(OCC[N+](C)(C)C)C(=O)O. The van der Waals surface area contributed by atoms with E-state index in [2.05, 4.69) is 86.8 Å². The number of nitrogens with zero attached hydrogens (tertiary/aromatic N) is 1. The summed E-state index contributed by atoms with van der Waals surface area (Å²) in [6, 6.07) is 0. The van der Waals surface area contributed by atoms with Crippen molar-refractivity contribution in [3.05, 3.63) is 72.9 Å². The van der Waals surface area contributed by atoms with E-state index in [1.165, 1.54) is 154 Å². The normalized spacial score (nSPS) is 13.3. The molecule has 0 radical (unpaired) electrons. The minimum Gasteiger partial charge on any atom is -0.477 e. The average Bonchev–Trinajstić information content (AvgIpc) is 3.36. The molecule has 0 fully saturated rings. The van der Waals surface area contributed by atoms with Crippen LogP contribution in [0.15, 0.2) is 72.9 Å². The van der Waals surface area contributed by atoms with Gasteiger partial charge < -0.3 is 28.5 Å². The molecule has 73 heavy (non-hydrogen) atoms. The maximum Gasteiger partial charge on any atom is 0.361 e. The van der Waals surface area contributed by atoms with Gasteiger partial charge in [0, 0.05) is 12.8 Å². The van der Waals surface area contributed by atoms with E-state index in [0.717, 1.165) is 70.6 Å². The van der Waals surface area contributed by atoms with E-state index >= 15 is 0 Å². The standard InChI is InChI=1S/C64H113NO8/c1-6-8-10-12-14-16-18-20-22-24-26-27-28-29-30-31-32-33-34-35-37-38-40-42-44-46-48-50-52-54-61(66)71-58-60(59-72-64(63(68)69)70-57-56-65(3,4)5)73-62(67)55-53-51-49-47-45-43-41-39-36-25-23-21-19-17-15-13-11-9-7-2/h9,11,15,17,21,23-24,26,36,39,43,45,60,64H,6-8,10,12-14,16,18-20,22,25,27-35,37-38,40-42,44,46-59H2,1-5H3/p+1/b11-9-,17-15-,23-21-,26-24-,39-36-,45-43-. The van der Waals surface area contributed by atoms with Gasteiger partial charge in [0.2, 0.25) is 0 Å². The van der Waals surface area contributed by atoms with Crippen LogP contribution in [0.5, 0.6) is 0 Å².